The molecule has 100 valence electrons. The van der Waals surface area contributed by atoms with Gasteiger partial charge < -0.3 is 15.4 Å². The molecule has 1 heterocycles. The van der Waals surface area contributed by atoms with Crippen LogP contribution >= 0.6 is 0 Å². The molecule has 0 radical (unpaired) electrons. The Kier molecular flexibility index (Phi) is 5.71. The van der Waals surface area contributed by atoms with Gasteiger partial charge in [0.2, 0.25) is 0 Å². The molecule has 1 rings (SSSR count). The highest BCUT2D eigenvalue weighted by atomic mass is 16.6. The maximum absolute atomic E-state index is 11.7. The summed E-state index contributed by atoms with van der Waals surface area (Å²) in [6.07, 6.45) is -0.182. The standard InChI is InChI=1S/C12H25N3O2/c1-10(2)9-17-12(16)15-6-4-14(5-7-15)11(3)8-13/h10-11H,4-9,13H2,1-3H3. The van der Waals surface area contributed by atoms with Crippen molar-refractivity contribution in [1.29, 1.82) is 0 Å². The molecule has 1 atom stereocenters. The number of carbonyl (C=O) groups is 1. The molecule has 0 aromatic rings. The molecular weight excluding hydrogens is 218 g/mol. The molecule has 0 spiro atoms. The SMILES string of the molecule is CC(C)COC(=O)N1CCN(C(C)CN)CC1. The predicted molar refractivity (Wildman–Crippen MR) is 67.8 cm³/mol. The van der Waals surface area contributed by atoms with E-state index in [1.54, 1.807) is 4.90 Å². The molecular formula is C12H25N3O2. The minimum atomic E-state index is -0.182. The van der Waals surface area contributed by atoms with Gasteiger partial charge in [0.25, 0.3) is 0 Å². The third kappa shape index (κ3) is 4.52. The molecule has 1 unspecified atom stereocenters. The van der Waals surface area contributed by atoms with Gasteiger partial charge in [-0.05, 0) is 12.8 Å². The molecule has 5 heteroatoms. The summed E-state index contributed by atoms with van der Waals surface area (Å²) in [4.78, 5) is 15.8. The van der Waals surface area contributed by atoms with Gasteiger partial charge >= 0.3 is 6.09 Å². The van der Waals surface area contributed by atoms with Crippen LogP contribution in [0.4, 0.5) is 4.79 Å². The predicted octanol–water partition coefficient (Wildman–Crippen LogP) is 0.744. The van der Waals surface area contributed by atoms with E-state index in [4.69, 9.17) is 10.5 Å². The highest BCUT2D eigenvalue weighted by Gasteiger charge is 2.24. The number of nitrogens with two attached hydrogens (primary N) is 1. The Labute approximate surface area is 104 Å². The van der Waals surface area contributed by atoms with E-state index >= 15 is 0 Å². The molecule has 0 aromatic heterocycles. The highest BCUT2D eigenvalue weighted by molar-refractivity contribution is 5.67. The maximum atomic E-state index is 11.7. The van der Waals surface area contributed by atoms with E-state index in [1.165, 1.54) is 0 Å². The van der Waals surface area contributed by atoms with Crippen molar-refractivity contribution < 1.29 is 9.53 Å². The van der Waals surface area contributed by atoms with Crippen molar-refractivity contribution in [3.63, 3.8) is 0 Å². The van der Waals surface area contributed by atoms with Crippen LogP contribution in [0.3, 0.4) is 0 Å². The first-order chi connectivity index (χ1) is 8.04. The molecule has 0 aliphatic carbocycles. The summed E-state index contributed by atoms with van der Waals surface area (Å²) < 4.78 is 5.21. The van der Waals surface area contributed by atoms with Crippen LogP contribution in [0, 0.1) is 5.92 Å². The van der Waals surface area contributed by atoms with Crippen molar-refractivity contribution in [1.82, 2.24) is 9.80 Å². The van der Waals surface area contributed by atoms with Gasteiger partial charge in [-0.15, -0.1) is 0 Å². The van der Waals surface area contributed by atoms with Gasteiger partial charge in [-0.3, -0.25) is 4.90 Å². The number of hydrogen-bond acceptors (Lipinski definition) is 4. The normalized spacial score (nSPS) is 19.5. The fourth-order valence-corrected chi connectivity index (χ4v) is 1.82. The van der Waals surface area contributed by atoms with E-state index in [0.29, 0.717) is 25.1 Å². The van der Waals surface area contributed by atoms with Crippen LogP contribution in [0.5, 0.6) is 0 Å². The van der Waals surface area contributed by atoms with Crippen molar-refractivity contribution in [3.8, 4) is 0 Å². The van der Waals surface area contributed by atoms with Crippen LogP contribution in [0.15, 0.2) is 0 Å². The van der Waals surface area contributed by atoms with Crippen molar-refractivity contribution >= 4 is 6.09 Å². The number of piperazine rings is 1. The fraction of sp³-hybridized carbons (Fsp3) is 0.917. The van der Waals surface area contributed by atoms with Gasteiger partial charge in [-0.2, -0.15) is 0 Å². The Hall–Kier alpha value is -0.810. The number of ether oxygens (including phenoxy) is 1. The third-order valence-corrected chi connectivity index (χ3v) is 3.08. The lowest BCUT2D eigenvalue weighted by Gasteiger charge is -2.37. The Bertz CT molecular complexity index is 238. The monoisotopic (exact) mass is 243 g/mol. The second-order valence-corrected chi connectivity index (χ2v) is 5.08. The first-order valence-corrected chi connectivity index (χ1v) is 6.40. The summed E-state index contributed by atoms with van der Waals surface area (Å²) in [7, 11) is 0. The molecule has 2 N–H and O–H groups in total. The van der Waals surface area contributed by atoms with E-state index in [-0.39, 0.29) is 6.09 Å². The average molecular weight is 243 g/mol. The Morgan fingerprint density at radius 3 is 2.29 bits per heavy atom. The van der Waals surface area contributed by atoms with E-state index in [2.05, 4.69) is 11.8 Å². The smallest absolute Gasteiger partial charge is 0.409 e. The van der Waals surface area contributed by atoms with Crippen LogP contribution in [0.25, 0.3) is 0 Å². The summed E-state index contributed by atoms with van der Waals surface area (Å²) in [5, 5.41) is 0. The third-order valence-electron chi connectivity index (χ3n) is 3.08. The second kappa shape index (κ2) is 6.81. The first kappa shape index (κ1) is 14.3. The van der Waals surface area contributed by atoms with E-state index in [9.17, 15) is 4.79 Å². The lowest BCUT2D eigenvalue weighted by atomic mass is 10.2. The zero-order chi connectivity index (χ0) is 12.8. The zero-order valence-electron chi connectivity index (χ0n) is 11.2. The topological polar surface area (TPSA) is 58.8 Å². The van der Waals surface area contributed by atoms with Gasteiger partial charge in [0.15, 0.2) is 0 Å². The van der Waals surface area contributed by atoms with Crippen molar-refractivity contribution in [2.45, 2.75) is 26.8 Å². The van der Waals surface area contributed by atoms with Gasteiger partial charge in [-0.1, -0.05) is 13.8 Å². The van der Waals surface area contributed by atoms with E-state index in [0.717, 1.165) is 26.2 Å². The molecule has 0 bridgehead atoms. The molecule has 5 nitrogen and oxygen atoms in total. The lowest BCUT2D eigenvalue weighted by molar-refractivity contribution is 0.0611. The summed E-state index contributed by atoms with van der Waals surface area (Å²) in [5.74, 6) is 0.387. The summed E-state index contributed by atoms with van der Waals surface area (Å²) in [6.45, 7) is 10.6. The Morgan fingerprint density at radius 2 is 1.82 bits per heavy atom. The molecule has 17 heavy (non-hydrogen) atoms. The van der Waals surface area contributed by atoms with Crippen molar-refractivity contribution in [2.24, 2.45) is 11.7 Å². The van der Waals surface area contributed by atoms with Crippen LogP contribution in [-0.4, -0.2) is 61.3 Å². The second-order valence-electron chi connectivity index (χ2n) is 5.08. The molecule has 1 aliphatic heterocycles. The van der Waals surface area contributed by atoms with Gasteiger partial charge in [-0.25, -0.2) is 4.79 Å². The largest absolute Gasteiger partial charge is 0.449 e. The zero-order valence-corrected chi connectivity index (χ0v) is 11.2. The Balaban J connectivity index is 2.28. The number of amides is 1. The molecule has 1 saturated heterocycles. The van der Waals surface area contributed by atoms with Crippen LogP contribution in [0.2, 0.25) is 0 Å². The quantitative estimate of drug-likeness (QED) is 0.791. The van der Waals surface area contributed by atoms with Crippen LogP contribution in [-0.2, 0) is 4.74 Å². The average Bonchev–Trinajstić information content (AvgIpc) is 2.35. The molecule has 1 fully saturated rings. The number of rotatable bonds is 4. The molecule has 1 aliphatic rings. The maximum Gasteiger partial charge on any atom is 0.409 e. The number of hydrogen-bond donors (Lipinski definition) is 1. The molecule has 1 amide bonds. The van der Waals surface area contributed by atoms with Crippen molar-refractivity contribution in [3.05, 3.63) is 0 Å². The first-order valence-electron chi connectivity index (χ1n) is 6.40. The lowest BCUT2D eigenvalue weighted by Crippen LogP contribution is -2.53. The summed E-state index contributed by atoms with van der Waals surface area (Å²) in [5.41, 5.74) is 5.63. The summed E-state index contributed by atoms with van der Waals surface area (Å²) in [6, 6.07) is 0.392. The Morgan fingerprint density at radius 1 is 1.24 bits per heavy atom. The van der Waals surface area contributed by atoms with Gasteiger partial charge in [0.05, 0.1) is 6.61 Å². The summed E-state index contributed by atoms with van der Waals surface area (Å²) >= 11 is 0. The van der Waals surface area contributed by atoms with E-state index < -0.39 is 0 Å². The van der Waals surface area contributed by atoms with Crippen LogP contribution < -0.4 is 5.73 Å². The minimum absolute atomic E-state index is 0.182. The number of nitrogens with zero attached hydrogens (tertiary/aromatic N) is 2. The van der Waals surface area contributed by atoms with Gasteiger partial charge in [0, 0.05) is 38.8 Å². The minimum Gasteiger partial charge on any atom is -0.449 e. The van der Waals surface area contributed by atoms with Crippen LogP contribution in [0.1, 0.15) is 20.8 Å². The fourth-order valence-electron chi connectivity index (χ4n) is 1.82. The van der Waals surface area contributed by atoms with Gasteiger partial charge in [0.1, 0.15) is 0 Å². The number of carbonyl (C=O) groups excluding carboxylic acids is 1. The highest BCUT2D eigenvalue weighted by Crippen LogP contribution is 2.07. The molecule has 0 saturated carbocycles. The molecule has 0 aromatic carbocycles. The van der Waals surface area contributed by atoms with E-state index in [1.807, 2.05) is 13.8 Å². The van der Waals surface area contributed by atoms with Crippen molar-refractivity contribution in [2.75, 3.05) is 39.3 Å².